The van der Waals surface area contributed by atoms with Gasteiger partial charge in [-0.25, -0.2) is 0 Å². The fraction of sp³-hybridized carbons (Fsp3) is 0.438. The molecule has 1 aromatic carbocycles. The Morgan fingerprint density at radius 3 is 2.55 bits per heavy atom. The number of Topliss-reactive ketones (excluding diaryl/α,β-unsaturated/α-hetero) is 1. The Morgan fingerprint density at radius 1 is 1.23 bits per heavy atom. The number of thioether (sulfide) groups is 1. The molecule has 1 aromatic rings. The number of carbonyl (C=O) groups excluding carboxylic acids is 1. The van der Waals surface area contributed by atoms with Crippen LogP contribution in [0.3, 0.4) is 0 Å². The van der Waals surface area contributed by atoms with E-state index in [-0.39, 0.29) is 11.0 Å². The minimum Gasteiger partial charge on any atom is -0.366 e. The Bertz CT molecular complexity index is 633. The molecular weight excluding hydrogens is 311 g/mol. The third-order valence-electron chi connectivity index (χ3n) is 3.99. The molecule has 1 unspecified atom stereocenters. The molecule has 0 aliphatic carbocycles. The molecule has 2 aliphatic heterocycles. The highest BCUT2D eigenvalue weighted by Gasteiger charge is 2.37. The van der Waals surface area contributed by atoms with Gasteiger partial charge in [0, 0.05) is 13.1 Å². The summed E-state index contributed by atoms with van der Waals surface area (Å²) < 4.78 is 38.7. The van der Waals surface area contributed by atoms with Crippen LogP contribution in [0, 0.1) is 0 Å². The van der Waals surface area contributed by atoms with Crippen LogP contribution in [0.4, 0.5) is 13.2 Å². The Hall–Kier alpha value is -1.43. The van der Waals surface area contributed by atoms with Crippen LogP contribution >= 0.6 is 11.8 Å². The lowest BCUT2D eigenvalue weighted by atomic mass is 9.99. The van der Waals surface area contributed by atoms with Crippen LogP contribution in [0.5, 0.6) is 0 Å². The highest BCUT2D eigenvalue weighted by atomic mass is 32.2. The van der Waals surface area contributed by atoms with Gasteiger partial charge in [0.05, 0.1) is 21.4 Å². The monoisotopic (exact) mass is 327 g/mol. The number of rotatable bonds is 2. The molecular formula is C16H16F3NOS. The van der Waals surface area contributed by atoms with Crippen LogP contribution < -0.4 is 0 Å². The first-order valence-corrected chi connectivity index (χ1v) is 8.13. The second-order valence-corrected chi connectivity index (χ2v) is 6.91. The van der Waals surface area contributed by atoms with Crippen molar-refractivity contribution in [1.82, 2.24) is 4.90 Å². The van der Waals surface area contributed by atoms with E-state index >= 15 is 0 Å². The van der Waals surface area contributed by atoms with Crippen molar-refractivity contribution < 1.29 is 18.0 Å². The van der Waals surface area contributed by atoms with E-state index in [1.54, 1.807) is 6.07 Å². The van der Waals surface area contributed by atoms with Crippen LogP contribution in [0.25, 0.3) is 5.57 Å². The average Bonchev–Trinajstić information content (AvgIpc) is 3.08. The number of nitrogens with zero attached hydrogens (tertiary/aromatic N) is 1. The molecule has 22 heavy (non-hydrogen) atoms. The van der Waals surface area contributed by atoms with Gasteiger partial charge in [-0.3, -0.25) is 4.79 Å². The molecule has 0 spiro atoms. The quantitative estimate of drug-likeness (QED) is 0.813. The third kappa shape index (κ3) is 2.76. The summed E-state index contributed by atoms with van der Waals surface area (Å²) in [6.07, 6.45) is -2.28. The maximum absolute atomic E-state index is 12.9. The van der Waals surface area contributed by atoms with Crippen LogP contribution in [-0.4, -0.2) is 29.0 Å². The Balaban J connectivity index is 2.06. The van der Waals surface area contributed by atoms with E-state index in [2.05, 4.69) is 4.90 Å². The first-order valence-electron chi connectivity index (χ1n) is 7.25. The van der Waals surface area contributed by atoms with Crippen molar-refractivity contribution in [3.8, 4) is 0 Å². The van der Waals surface area contributed by atoms with Crippen molar-refractivity contribution in [2.75, 3.05) is 13.1 Å². The summed E-state index contributed by atoms with van der Waals surface area (Å²) in [7, 11) is 0. The van der Waals surface area contributed by atoms with Gasteiger partial charge in [0.15, 0.2) is 5.78 Å². The summed E-state index contributed by atoms with van der Waals surface area (Å²) in [6.45, 7) is 3.54. The van der Waals surface area contributed by atoms with Gasteiger partial charge in [-0.15, -0.1) is 0 Å². The number of alkyl halides is 3. The van der Waals surface area contributed by atoms with E-state index in [0.717, 1.165) is 43.1 Å². The summed E-state index contributed by atoms with van der Waals surface area (Å²) in [5, 5.41) is 0.606. The Morgan fingerprint density at radius 2 is 1.91 bits per heavy atom. The van der Waals surface area contributed by atoms with Crippen molar-refractivity contribution in [3.63, 3.8) is 0 Å². The average molecular weight is 327 g/mol. The van der Waals surface area contributed by atoms with E-state index in [1.165, 1.54) is 17.8 Å². The van der Waals surface area contributed by atoms with Gasteiger partial charge in [0.2, 0.25) is 0 Å². The number of carbonyl (C=O) groups is 1. The molecule has 0 amide bonds. The summed E-state index contributed by atoms with van der Waals surface area (Å²) >= 11 is 1.46. The van der Waals surface area contributed by atoms with E-state index in [9.17, 15) is 18.0 Å². The number of benzene rings is 1. The zero-order valence-corrected chi connectivity index (χ0v) is 12.9. The van der Waals surface area contributed by atoms with Crippen molar-refractivity contribution in [3.05, 3.63) is 40.4 Å². The second-order valence-electron chi connectivity index (χ2n) is 5.58. The summed E-state index contributed by atoms with van der Waals surface area (Å²) in [5.41, 5.74) is 0.111. The minimum atomic E-state index is -4.40. The lowest BCUT2D eigenvalue weighted by molar-refractivity contribution is -0.137. The molecule has 0 aromatic heterocycles. The van der Waals surface area contributed by atoms with Gasteiger partial charge in [-0.05, 0) is 37.5 Å². The first-order chi connectivity index (χ1) is 10.4. The summed E-state index contributed by atoms with van der Waals surface area (Å²) in [5.74, 6) is -0.0776. The lowest BCUT2D eigenvalue weighted by Crippen LogP contribution is -2.17. The molecule has 118 valence electrons. The van der Waals surface area contributed by atoms with E-state index in [0.29, 0.717) is 11.1 Å². The van der Waals surface area contributed by atoms with Gasteiger partial charge >= 0.3 is 6.18 Å². The zero-order valence-electron chi connectivity index (χ0n) is 12.1. The molecule has 0 bridgehead atoms. The molecule has 2 aliphatic rings. The van der Waals surface area contributed by atoms with Crippen LogP contribution in [0.2, 0.25) is 0 Å². The molecule has 2 heterocycles. The molecule has 0 radical (unpaired) electrons. The second kappa shape index (κ2) is 5.65. The van der Waals surface area contributed by atoms with E-state index < -0.39 is 11.7 Å². The molecule has 1 atom stereocenters. The topological polar surface area (TPSA) is 20.3 Å². The highest BCUT2D eigenvalue weighted by molar-refractivity contribution is 8.05. The molecule has 2 nitrogen and oxygen atoms in total. The number of halogens is 3. The lowest BCUT2D eigenvalue weighted by Gasteiger charge is -2.20. The summed E-state index contributed by atoms with van der Waals surface area (Å²) in [6, 6.07) is 5.09. The van der Waals surface area contributed by atoms with Crippen molar-refractivity contribution in [1.29, 1.82) is 0 Å². The molecule has 3 rings (SSSR count). The smallest absolute Gasteiger partial charge is 0.366 e. The van der Waals surface area contributed by atoms with Crippen LogP contribution in [0.15, 0.2) is 29.3 Å². The Labute approximate surface area is 131 Å². The largest absolute Gasteiger partial charge is 0.416 e. The van der Waals surface area contributed by atoms with Crippen LogP contribution in [-0.2, 0) is 11.0 Å². The normalized spacial score (nSPS) is 22.8. The van der Waals surface area contributed by atoms with Gasteiger partial charge in [-0.1, -0.05) is 23.9 Å². The predicted octanol–water partition coefficient (Wildman–Crippen LogP) is 4.17. The number of hydrogen-bond acceptors (Lipinski definition) is 3. The third-order valence-corrected chi connectivity index (χ3v) is 5.24. The zero-order chi connectivity index (χ0) is 15.9. The standard InChI is InChI=1S/C16H16F3NOS/c1-10-14(21)13(15(22-10)20-7-2-3-8-20)11-5-4-6-12(9-11)16(17,18)19/h4-6,9-10H,2-3,7-8H2,1H3. The van der Waals surface area contributed by atoms with E-state index in [1.807, 2.05) is 6.92 Å². The predicted molar refractivity (Wildman–Crippen MR) is 81.2 cm³/mol. The maximum Gasteiger partial charge on any atom is 0.416 e. The van der Waals surface area contributed by atoms with Gasteiger partial charge < -0.3 is 4.90 Å². The van der Waals surface area contributed by atoms with Crippen LogP contribution in [0.1, 0.15) is 30.9 Å². The SMILES string of the molecule is CC1SC(N2CCCC2)=C(c2cccc(C(F)(F)F)c2)C1=O. The molecule has 6 heteroatoms. The van der Waals surface area contributed by atoms with Crippen molar-refractivity contribution in [2.45, 2.75) is 31.2 Å². The number of allylic oxidation sites excluding steroid dienone is 1. The van der Waals surface area contributed by atoms with Crippen molar-refractivity contribution in [2.24, 2.45) is 0 Å². The first kappa shape index (κ1) is 15.5. The van der Waals surface area contributed by atoms with Crippen molar-refractivity contribution >= 4 is 23.1 Å². The number of hydrogen-bond donors (Lipinski definition) is 0. The fourth-order valence-corrected chi connectivity index (χ4v) is 4.09. The highest BCUT2D eigenvalue weighted by Crippen LogP contribution is 2.43. The Kier molecular flexibility index (Phi) is 3.97. The van der Waals surface area contributed by atoms with E-state index in [4.69, 9.17) is 0 Å². The van der Waals surface area contributed by atoms with Gasteiger partial charge in [0.1, 0.15) is 0 Å². The number of likely N-dealkylation sites (tertiary alicyclic amines) is 1. The fourth-order valence-electron chi connectivity index (χ4n) is 2.86. The molecule has 1 fully saturated rings. The summed E-state index contributed by atoms with van der Waals surface area (Å²) in [4.78, 5) is 14.6. The minimum absolute atomic E-state index is 0.0776. The molecule has 0 N–H and O–H groups in total. The van der Waals surface area contributed by atoms with Gasteiger partial charge in [-0.2, -0.15) is 13.2 Å². The molecule has 0 saturated carbocycles. The maximum atomic E-state index is 12.9. The number of ketones is 1. The van der Waals surface area contributed by atoms with Gasteiger partial charge in [0.25, 0.3) is 0 Å². The molecule has 1 saturated heterocycles.